The highest BCUT2D eigenvalue weighted by Crippen LogP contribution is 2.20. The maximum absolute atomic E-state index is 11.5. The lowest BCUT2D eigenvalue weighted by atomic mass is 10.2. The Morgan fingerprint density at radius 2 is 2.17 bits per heavy atom. The average molecular weight is 247 g/mol. The number of ether oxygens (including phenoxy) is 1. The third-order valence-electron chi connectivity index (χ3n) is 2.55. The Morgan fingerprint density at radius 1 is 1.44 bits per heavy atom. The SMILES string of the molecule is COC(=O)c1c(C)nc(-c2cncn2C)nc1N. The molecule has 0 atom stereocenters. The first-order valence-electron chi connectivity index (χ1n) is 5.23. The number of carbonyl (C=O) groups excluding carboxylic acids is 1. The minimum absolute atomic E-state index is 0.102. The molecule has 0 radical (unpaired) electrons. The number of rotatable bonds is 2. The first-order valence-corrected chi connectivity index (χ1v) is 5.23. The van der Waals surface area contributed by atoms with Crippen molar-refractivity contribution in [3.05, 3.63) is 23.8 Å². The Balaban J connectivity index is 2.56. The number of hydrogen-bond acceptors (Lipinski definition) is 6. The minimum Gasteiger partial charge on any atom is -0.465 e. The number of nitrogen functional groups attached to an aromatic ring is 1. The Kier molecular flexibility index (Phi) is 2.97. The number of carbonyl (C=O) groups is 1. The molecule has 2 rings (SSSR count). The molecule has 0 spiro atoms. The predicted octanol–water partition coefficient (Wildman–Crippen LogP) is 0.554. The van der Waals surface area contributed by atoms with Gasteiger partial charge in [0.2, 0.25) is 0 Å². The van der Waals surface area contributed by atoms with Gasteiger partial charge in [-0.25, -0.2) is 19.7 Å². The lowest BCUT2D eigenvalue weighted by molar-refractivity contribution is 0.0600. The average Bonchev–Trinajstić information content (AvgIpc) is 2.74. The van der Waals surface area contributed by atoms with E-state index in [0.29, 0.717) is 11.5 Å². The predicted molar refractivity (Wildman–Crippen MR) is 64.7 cm³/mol. The van der Waals surface area contributed by atoms with E-state index in [0.717, 1.165) is 5.69 Å². The summed E-state index contributed by atoms with van der Waals surface area (Å²) in [5.41, 5.74) is 7.17. The Bertz CT molecular complexity index is 582. The van der Waals surface area contributed by atoms with Crippen LogP contribution in [0.2, 0.25) is 0 Å². The van der Waals surface area contributed by atoms with Crippen LogP contribution in [0, 0.1) is 6.92 Å². The molecule has 2 heterocycles. The molecule has 2 aromatic rings. The van der Waals surface area contributed by atoms with Crippen molar-refractivity contribution in [3.63, 3.8) is 0 Å². The molecular weight excluding hydrogens is 234 g/mol. The van der Waals surface area contributed by atoms with Crippen molar-refractivity contribution >= 4 is 11.8 Å². The number of hydrogen-bond donors (Lipinski definition) is 1. The maximum atomic E-state index is 11.5. The summed E-state index contributed by atoms with van der Waals surface area (Å²) < 4.78 is 6.41. The van der Waals surface area contributed by atoms with Crippen LogP contribution in [-0.4, -0.2) is 32.6 Å². The van der Waals surface area contributed by atoms with E-state index in [1.165, 1.54) is 7.11 Å². The van der Waals surface area contributed by atoms with E-state index >= 15 is 0 Å². The third-order valence-corrected chi connectivity index (χ3v) is 2.55. The summed E-state index contributed by atoms with van der Waals surface area (Å²) in [7, 11) is 3.11. The van der Waals surface area contributed by atoms with E-state index in [1.807, 2.05) is 7.05 Å². The van der Waals surface area contributed by atoms with Gasteiger partial charge in [-0.05, 0) is 6.92 Å². The molecule has 0 aromatic carbocycles. The van der Waals surface area contributed by atoms with Gasteiger partial charge in [-0.2, -0.15) is 0 Å². The largest absolute Gasteiger partial charge is 0.465 e. The van der Waals surface area contributed by atoms with Crippen LogP contribution in [-0.2, 0) is 11.8 Å². The zero-order valence-electron chi connectivity index (χ0n) is 10.3. The van der Waals surface area contributed by atoms with Crippen molar-refractivity contribution in [2.75, 3.05) is 12.8 Å². The van der Waals surface area contributed by atoms with E-state index < -0.39 is 5.97 Å². The van der Waals surface area contributed by atoms with Crippen LogP contribution in [0.3, 0.4) is 0 Å². The first kappa shape index (κ1) is 12.0. The molecule has 0 aliphatic rings. The van der Waals surface area contributed by atoms with Gasteiger partial charge in [0.1, 0.15) is 17.1 Å². The van der Waals surface area contributed by atoms with Crippen molar-refractivity contribution in [2.24, 2.45) is 7.05 Å². The Labute approximate surface area is 104 Å². The molecule has 2 N–H and O–H groups in total. The number of methoxy groups -OCH3 is 1. The van der Waals surface area contributed by atoms with Crippen LogP contribution >= 0.6 is 0 Å². The van der Waals surface area contributed by atoms with Crippen LogP contribution in [0.4, 0.5) is 5.82 Å². The topological polar surface area (TPSA) is 95.9 Å². The molecule has 2 aromatic heterocycles. The monoisotopic (exact) mass is 247 g/mol. The van der Waals surface area contributed by atoms with Crippen LogP contribution in [0.15, 0.2) is 12.5 Å². The van der Waals surface area contributed by atoms with Crippen molar-refractivity contribution < 1.29 is 9.53 Å². The number of imidazole rings is 1. The number of aromatic nitrogens is 4. The van der Waals surface area contributed by atoms with Crippen molar-refractivity contribution in [1.82, 2.24) is 19.5 Å². The molecule has 0 fully saturated rings. The number of aryl methyl sites for hydroxylation is 2. The smallest absolute Gasteiger partial charge is 0.343 e. The molecule has 94 valence electrons. The number of esters is 1. The second kappa shape index (κ2) is 4.44. The molecule has 7 nitrogen and oxygen atoms in total. The summed E-state index contributed by atoms with van der Waals surface area (Å²) >= 11 is 0. The highest BCUT2D eigenvalue weighted by Gasteiger charge is 2.18. The number of nitrogens with zero attached hydrogens (tertiary/aromatic N) is 4. The fourth-order valence-corrected chi connectivity index (χ4v) is 1.64. The second-order valence-corrected chi connectivity index (χ2v) is 3.77. The second-order valence-electron chi connectivity index (χ2n) is 3.77. The molecule has 0 aliphatic heterocycles. The van der Waals surface area contributed by atoms with Gasteiger partial charge >= 0.3 is 5.97 Å². The number of nitrogens with two attached hydrogens (primary N) is 1. The Hall–Kier alpha value is -2.44. The van der Waals surface area contributed by atoms with Crippen molar-refractivity contribution in [2.45, 2.75) is 6.92 Å². The minimum atomic E-state index is -0.540. The summed E-state index contributed by atoms with van der Waals surface area (Å²) in [4.78, 5) is 23.9. The van der Waals surface area contributed by atoms with E-state index in [-0.39, 0.29) is 11.4 Å². The van der Waals surface area contributed by atoms with Crippen LogP contribution < -0.4 is 5.73 Å². The van der Waals surface area contributed by atoms with E-state index in [9.17, 15) is 4.79 Å². The molecule has 0 aliphatic carbocycles. The highest BCUT2D eigenvalue weighted by molar-refractivity contribution is 5.95. The molecule has 0 amide bonds. The molecule has 7 heteroatoms. The maximum Gasteiger partial charge on any atom is 0.343 e. The lowest BCUT2D eigenvalue weighted by Crippen LogP contribution is -2.12. The van der Waals surface area contributed by atoms with Gasteiger partial charge in [-0.15, -0.1) is 0 Å². The summed E-state index contributed by atoms with van der Waals surface area (Å²) in [6, 6.07) is 0. The van der Waals surface area contributed by atoms with Crippen molar-refractivity contribution in [3.8, 4) is 11.5 Å². The molecule has 18 heavy (non-hydrogen) atoms. The Morgan fingerprint density at radius 3 is 2.67 bits per heavy atom. The standard InChI is InChI=1S/C11H13N5O2/c1-6-8(11(17)18-3)9(12)15-10(14-6)7-4-13-5-16(7)2/h4-5H,1-3H3,(H2,12,14,15). The molecule has 0 bridgehead atoms. The van der Waals surface area contributed by atoms with E-state index in [1.54, 1.807) is 24.0 Å². The normalized spacial score (nSPS) is 10.4. The summed E-state index contributed by atoms with van der Waals surface area (Å²) in [6.45, 7) is 1.68. The third kappa shape index (κ3) is 1.90. The van der Waals surface area contributed by atoms with Gasteiger partial charge < -0.3 is 15.0 Å². The molecule has 0 unspecified atom stereocenters. The van der Waals surface area contributed by atoms with E-state index in [4.69, 9.17) is 5.73 Å². The van der Waals surface area contributed by atoms with Crippen LogP contribution in [0.25, 0.3) is 11.5 Å². The lowest BCUT2D eigenvalue weighted by Gasteiger charge is -2.08. The first-order chi connectivity index (χ1) is 8.54. The molecule has 0 saturated carbocycles. The summed E-state index contributed by atoms with van der Waals surface area (Å²) in [5.74, 6) is -0.00948. The van der Waals surface area contributed by atoms with Crippen LogP contribution in [0.1, 0.15) is 16.1 Å². The summed E-state index contributed by atoms with van der Waals surface area (Å²) in [6.07, 6.45) is 3.27. The zero-order valence-corrected chi connectivity index (χ0v) is 10.3. The molecular formula is C11H13N5O2. The zero-order chi connectivity index (χ0) is 13.3. The molecule has 0 saturated heterocycles. The van der Waals surface area contributed by atoms with E-state index in [2.05, 4.69) is 19.7 Å². The fraction of sp³-hybridized carbons (Fsp3) is 0.273. The quantitative estimate of drug-likeness (QED) is 0.779. The fourth-order valence-electron chi connectivity index (χ4n) is 1.64. The number of anilines is 1. The van der Waals surface area contributed by atoms with Gasteiger partial charge in [0, 0.05) is 7.05 Å². The van der Waals surface area contributed by atoms with Gasteiger partial charge in [-0.3, -0.25) is 0 Å². The van der Waals surface area contributed by atoms with Gasteiger partial charge in [-0.1, -0.05) is 0 Å². The van der Waals surface area contributed by atoms with Crippen LogP contribution in [0.5, 0.6) is 0 Å². The van der Waals surface area contributed by atoms with Crippen molar-refractivity contribution in [1.29, 1.82) is 0 Å². The highest BCUT2D eigenvalue weighted by atomic mass is 16.5. The van der Waals surface area contributed by atoms with Gasteiger partial charge in [0.15, 0.2) is 5.82 Å². The van der Waals surface area contributed by atoms with Gasteiger partial charge in [0.05, 0.1) is 25.3 Å². The van der Waals surface area contributed by atoms with Gasteiger partial charge in [0.25, 0.3) is 0 Å². The summed E-state index contributed by atoms with van der Waals surface area (Å²) in [5, 5.41) is 0.